The SMILES string of the molecule is CCOC(=O)C(N)CC(=O)c1ccc(Br)cc1. The first-order valence-corrected chi connectivity index (χ1v) is 6.05. The topological polar surface area (TPSA) is 69.4 Å². The van der Waals surface area contributed by atoms with Crippen LogP contribution in [0.4, 0.5) is 0 Å². The molecular formula is C12H14BrNO3. The zero-order chi connectivity index (χ0) is 12.8. The van der Waals surface area contributed by atoms with Gasteiger partial charge >= 0.3 is 5.97 Å². The number of esters is 1. The van der Waals surface area contributed by atoms with Crippen LogP contribution < -0.4 is 5.73 Å². The van der Waals surface area contributed by atoms with Gasteiger partial charge in [-0.2, -0.15) is 0 Å². The summed E-state index contributed by atoms with van der Waals surface area (Å²) in [5.74, 6) is -0.712. The Hall–Kier alpha value is -1.20. The fourth-order valence-corrected chi connectivity index (χ4v) is 1.55. The lowest BCUT2D eigenvalue weighted by Crippen LogP contribution is -2.34. The third-order valence-corrected chi connectivity index (χ3v) is 2.69. The molecule has 0 amide bonds. The summed E-state index contributed by atoms with van der Waals surface area (Å²) in [5, 5.41) is 0. The number of ether oxygens (including phenoxy) is 1. The molecule has 1 rings (SSSR count). The largest absolute Gasteiger partial charge is 0.465 e. The molecule has 1 unspecified atom stereocenters. The van der Waals surface area contributed by atoms with Crippen molar-refractivity contribution in [3.8, 4) is 0 Å². The van der Waals surface area contributed by atoms with Crippen LogP contribution in [-0.4, -0.2) is 24.4 Å². The molecule has 0 saturated heterocycles. The molecule has 4 nitrogen and oxygen atoms in total. The van der Waals surface area contributed by atoms with Gasteiger partial charge in [-0.15, -0.1) is 0 Å². The molecular weight excluding hydrogens is 286 g/mol. The highest BCUT2D eigenvalue weighted by Crippen LogP contribution is 2.12. The van der Waals surface area contributed by atoms with Gasteiger partial charge in [-0.3, -0.25) is 9.59 Å². The second-order valence-corrected chi connectivity index (χ2v) is 4.41. The van der Waals surface area contributed by atoms with Gasteiger partial charge < -0.3 is 10.5 Å². The Kier molecular flexibility index (Phi) is 5.31. The highest BCUT2D eigenvalue weighted by atomic mass is 79.9. The first-order chi connectivity index (χ1) is 8.04. The summed E-state index contributed by atoms with van der Waals surface area (Å²) < 4.78 is 5.63. The lowest BCUT2D eigenvalue weighted by molar-refractivity contribution is -0.144. The van der Waals surface area contributed by atoms with E-state index >= 15 is 0 Å². The minimum atomic E-state index is -0.897. The number of rotatable bonds is 5. The molecule has 1 atom stereocenters. The fourth-order valence-electron chi connectivity index (χ4n) is 1.29. The van der Waals surface area contributed by atoms with E-state index in [2.05, 4.69) is 15.9 Å². The third kappa shape index (κ3) is 4.28. The van der Waals surface area contributed by atoms with Crippen molar-refractivity contribution in [3.63, 3.8) is 0 Å². The summed E-state index contributed by atoms with van der Waals surface area (Å²) in [6.07, 6.45) is -0.0412. The molecule has 2 N–H and O–H groups in total. The number of benzene rings is 1. The van der Waals surface area contributed by atoms with Gasteiger partial charge in [0.05, 0.1) is 6.61 Å². The van der Waals surface area contributed by atoms with Crippen LogP contribution >= 0.6 is 15.9 Å². The van der Waals surface area contributed by atoms with Crippen molar-refractivity contribution in [3.05, 3.63) is 34.3 Å². The van der Waals surface area contributed by atoms with E-state index in [1.807, 2.05) is 0 Å². The molecule has 5 heteroatoms. The van der Waals surface area contributed by atoms with E-state index in [4.69, 9.17) is 10.5 Å². The molecule has 0 fully saturated rings. The van der Waals surface area contributed by atoms with Crippen molar-refractivity contribution in [2.45, 2.75) is 19.4 Å². The van der Waals surface area contributed by atoms with Gasteiger partial charge in [-0.1, -0.05) is 28.1 Å². The third-order valence-electron chi connectivity index (χ3n) is 2.16. The summed E-state index contributed by atoms with van der Waals surface area (Å²) in [6.45, 7) is 1.96. The summed E-state index contributed by atoms with van der Waals surface area (Å²) in [6, 6.07) is 6.01. The van der Waals surface area contributed by atoms with Crippen molar-refractivity contribution < 1.29 is 14.3 Å². The minimum Gasteiger partial charge on any atom is -0.465 e. The predicted molar refractivity (Wildman–Crippen MR) is 67.7 cm³/mol. The molecule has 17 heavy (non-hydrogen) atoms. The Labute approximate surface area is 108 Å². The summed E-state index contributed by atoms with van der Waals surface area (Å²) in [4.78, 5) is 23.0. The van der Waals surface area contributed by atoms with Gasteiger partial charge in [0.15, 0.2) is 5.78 Å². The number of ketones is 1. The van der Waals surface area contributed by atoms with E-state index in [1.54, 1.807) is 31.2 Å². The Morgan fingerprint density at radius 1 is 1.35 bits per heavy atom. The lowest BCUT2D eigenvalue weighted by atomic mass is 10.0. The fraction of sp³-hybridized carbons (Fsp3) is 0.333. The normalized spacial score (nSPS) is 11.9. The molecule has 0 radical (unpaired) electrons. The van der Waals surface area contributed by atoms with Crippen molar-refractivity contribution >= 4 is 27.7 Å². The van der Waals surface area contributed by atoms with Crippen molar-refractivity contribution in [1.29, 1.82) is 0 Å². The Morgan fingerprint density at radius 3 is 2.47 bits per heavy atom. The summed E-state index contributed by atoms with van der Waals surface area (Å²) in [5.41, 5.74) is 6.10. The van der Waals surface area contributed by atoms with E-state index in [0.29, 0.717) is 5.56 Å². The lowest BCUT2D eigenvalue weighted by Gasteiger charge is -2.09. The molecule has 1 aromatic carbocycles. The molecule has 92 valence electrons. The second kappa shape index (κ2) is 6.51. The first kappa shape index (κ1) is 13.9. The second-order valence-electron chi connectivity index (χ2n) is 3.49. The number of Topliss-reactive ketones (excluding diaryl/α,β-unsaturated/α-hetero) is 1. The zero-order valence-electron chi connectivity index (χ0n) is 9.48. The average molecular weight is 300 g/mol. The van der Waals surface area contributed by atoms with Crippen LogP contribution in [0.25, 0.3) is 0 Å². The number of hydrogen-bond acceptors (Lipinski definition) is 4. The number of nitrogens with two attached hydrogens (primary N) is 1. The maximum atomic E-state index is 11.8. The number of carbonyl (C=O) groups is 2. The highest BCUT2D eigenvalue weighted by Gasteiger charge is 2.19. The molecule has 0 aromatic heterocycles. The first-order valence-electron chi connectivity index (χ1n) is 5.25. The Morgan fingerprint density at radius 2 is 1.94 bits per heavy atom. The molecule has 1 aromatic rings. The van der Waals surface area contributed by atoms with Crippen LogP contribution in [0, 0.1) is 0 Å². The maximum absolute atomic E-state index is 11.8. The molecule has 0 aliphatic carbocycles. The van der Waals surface area contributed by atoms with Crippen LogP contribution in [0.2, 0.25) is 0 Å². The zero-order valence-corrected chi connectivity index (χ0v) is 11.1. The minimum absolute atomic E-state index is 0.0412. The quantitative estimate of drug-likeness (QED) is 0.666. The molecule has 0 saturated carbocycles. The Balaban J connectivity index is 2.60. The van der Waals surface area contributed by atoms with Gasteiger partial charge in [0, 0.05) is 16.5 Å². The van der Waals surface area contributed by atoms with Crippen molar-refractivity contribution in [2.75, 3.05) is 6.61 Å². The molecule has 0 spiro atoms. The monoisotopic (exact) mass is 299 g/mol. The van der Waals surface area contributed by atoms with Gasteiger partial charge in [-0.05, 0) is 19.1 Å². The standard InChI is InChI=1S/C12H14BrNO3/c1-2-17-12(16)10(14)7-11(15)8-3-5-9(13)6-4-8/h3-6,10H,2,7,14H2,1H3. The van der Waals surface area contributed by atoms with E-state index in [9.17, 15) is 9.59 Å². The number of halogens is 1. The van der Waals surface area contributed by atoms with Gasteiger partial charge in [0.1, 0.15) is 6.04 Å². The van der Waals surface area contributed by atoms with Gasteiger partial charge in [0.2, 0.25) is 0 Å². The van der Waals surface area contributed by atoms with E-state index in [-0.39, 0.29) is 18.8 Å². The summed E-state index contributed by atoms with van der Waals surface area (Å²) >= 11 is 3.28. The molecule has 0 aliphatic heterocycles. The van der Waals surface area contributed by atoms with E-state index in [1.165, 1.54) is 0 Å². The molecule has 0 aliphatic rings. The highest BCUT2D eigenvalue weighted by molar-refractivity contribution is 9.10. The van der Waals surface area contributed by atoms with Crippen LogP contribution in [0.5, 0.6) is 0 Å². The molecule has 0 heterocycles. The van der Waals surface area contributed by atoms with E-state index in [0.717, 1.165) is 4.47 Å². The molecule has 0 bridgehead atoms. The van der Waals surface area contributed by atoms with E-state index < -0.39 is 12.0 Å². The smallest absolute Gasteiger partial charge is 0.323 e. The van der Waals surface area contributed by atoms with Crippen LogP contribution in [-0.2, 0) is 9.53 Å². The maximum Gasteiger partial charge on any atom is 0.323 e. The number of carbonyl (C=O) groups excluding carboxylic acids is 2. The van der Waals surface area contributed by atoms with Gasteiger partial charge in [0.25, 0.3) is 0 Å². The Bertz CT molecular complexity index is 403. The number of hydrogen-bond donors (Lipinski definition) is 1. The average Bonchev–Trinajstić information content (AvgIpc) is 2.30. The van der Waals surface area contributed by atoms with Crippen molar-refractivity contribution in [1.82, 2.24) is 0 Å². The van der Waals surface area contributed by atoms with Crippen LogP contribution in [0.3, 0.4) is 0 Å². The van der Waals surface area contributed by atoms with Crippen molar-refractivity contribution in [2.24, 2.45) is 5.73 Å². The summed E-state index contributed by atoms with van der Waals surface area (Å²) in [7, 11) is 0. The van der Waals surface area contributed by atoms with Crippen LogP contribution in [0.1, 0.15) is 23.7 Å². The van der Waals surface area contributed by atoms with Crippen LogP contribution in [0.15, 0.2) is 28.7 Å². The predicted octanol–water partition coefficient (Wildman–Crippen LogP) is 1.91. The van der Waals surface area contributed by atoms with Gasteiger partial charge in [-0.25, -0.2) is 0 Å².